The maximum Gasteiger partial charge on any atom is 0.311 e. The minimum Gasteiger partial charge on any atom is -0.493 e. The number of ether oxygens (including phenoxy) is 3. The van der Waals surface area contributed by atoms with Crippen LogP contribution in [0.15, 0.2) is 66.7 Å². The molecule has 3 aromatic rings. The molecule has 5 heteroatoms. The van der Waals surface area contributed by atoms with Crippen LogP contribution in [0.1, 0.15) is 17.5 Å². The summed E-state index contributed by atoms with van der Waals surface area (Å²) in [5.41, 5.74) is 3.57. The fraction of sp³-hybridized carbons (Fsp3) is 0.167. The molecule has 0 amide bonds. The van der Waals surface area contributed by atoms with E-state index < -0.39 is 0 Å². The summed E-state index contributed by atoms with van der Waals surface area (Å²) >= 11 is 0. The molecule has 0 unspecified atom stereocenters. The van der Waals surface area contributed by atoms with Gasteiger partial charge in [0.2, 0.25) is 0 Å². The first-order chi connectivity index (χ1) is 14.1. The van der Waals surface area contributed by atoms with Crippen LogP contribution < -0.4 is 14.2 Å². The summed E-state index contributed by atoms with van der Waals surface area (Å²) in [7, 11) is 3.17. The maximum absolute atomic E-state index is 12.2. The molecule has 0 heterocycles. The number of methoxy groups -OCH3 is 2. The predicted octanol–water partition coefficient (Wildman–Crippen LogP) is 4.78. The van der Waals surface area contributed by atoms with E-state index in [0.29, 0.717) is 29.2 Å². The van der Waals surface area contributed by atoms with E-state index in [1.807, 2.05) is 42.5 Å². The molecule has 0 saturated heterocycles. The molecule has 146 valence electrons. The molecule has 5 nitrogen and oxygen atoms in total. The van der Waals surface area contributed by atoms with E-state index in [9.17, 15) is 4.79 Å². The second-order valence-corrected chi connectivity index (χ2v) is 6.38. The molecule has 3 aromatic carbocycles. The summed E-state index contributed by atoms with van der Waals surface area (Å²) < 4.78 is 15.9. The van der Waals surface area contributed by atoms with Crippen molar-refractivity contribution in [1.82, 2.24) is 0 Å². The lowest BCUT2D eigenvalue weighted by atomic mass is 10.0. The molecule has 0 aliphatic heterocycles. The number of benzene rings is 3. The highest BCUT2D eigenvalue weighted by Gasteiger charge is 2.09. The van der Waals surface area contributed by atoms with Gasteiger partial charge in [0, 0.05) is 6.42 Å². The van der Waals surface area contributed by atoms with Crippen LogP contribution in [0.4, 0.5) is 0 Å². The van der Waals surface area contributed by atoms with E-state index in [1.165, 1.54) is 0 Å². The summed E-state index contributed by atoms with van der Waals surface area (Å²) in [6, 6.07) is 22.3. The third kappa shape index (κ3) is 5.14. The summed E-state index contributed by atoms with van der Waals surface area (Å²) in [6.45, 7) is 0. The Kier molecular flexibility index (Phi) is 6.49. The Hall–Kier alpha value is -3.78. The molecule has 0 atom stereocenters. The van der Waals surface area contributed by atoms with E-state index in [1.54, 1.807) is 38.5 Å². The number of aryl methyl sites for hydroxylation is 1. The number of hydrogen-bond acceptors (Lipinski definition) is 5. The number of nitriles is 1. The number of esters is 1. The second kappa shape index (κ2) is 9.43. The van der Waals surface area contributed by atoms with Crippen molar-refractivity contribution in [3.63, 3.8) is 0 Å². The zero-order valence-corrected chi connectivity index (χ0v) is 16.3. The van der Waals surface area contributed by atoms with Gasteiger partial charge in [-0.05, 0) is 59.5 Å². The number of nitrogens with zero attached hydrogens (tertiary/aromatic N) is 1. The van der Waals surface area contributed by atoms with E-state index in [0.717, 1.165) is 16.7 Å². The lowest BCUT2D eigenvalue weighted by Gasteiger charge is -2.10. The lowest BCUT2D eigenvalue weighted by molar-refractivity contribution is -0.134. The fourth-order valence-corrected chi connectivity index (χ4v) is 2.92. The van der Waals surface area contributed by atoms with Crippen LogP contribution >= 0.6 is 0 Å². The molecule has 0 radical (unpaired) electrons. The van der Waals surface area contributed by atoms with Gasteiger partial charge in [0.05, 0.1) is 25.9 Å². The molecule has 0 N–H and O–H groups in total. The SMILES string of the molecule is COc1ccc(CCC(=O)Oc2ccc(-c3ccc(C#N)cc3)cc2)cc1OC. The Morgan fingerprint density at radius 1 is 0.862 bits per heavy atom. The van der Waals surface area contributed by atoms with Crippen molar-refractivity contribution in [1.29, 1.82) is 5.26 Å². The van der Waals surface area contributed by atoms with Gasteiger partial charge in [-0.25, -0.2) is 0 Å². The van der Waals surface area contributed by atoms with Crippen molar-refractivity contribution in [2.45, 2.75) is 12.8 Å². The highest BCUT2D eigenvalue weighted by molar-refractivity contribution is 5.73. The first-order valence-electron chi connectivity index (χ1n) is 9.15. The van der Waals surface area contributed by atoms with Crippen molar-refractivity contribution in [3.05, 3.63) is 77.9 Å². The topological polar surface area (TPSA) is 68.5 Å². The number of rotatable bonds is 7. The average Bonchev–Trinajstić information content (AvgIpc) is 2.78. The van der Waals surface area contributed by atoms with E-state index in [4.69, 9.17) is 19.5 Å². The van der Waals surface area contributed by atoms with Crippen LogP contribution in [0.25, 0.3) is 11.1 Å². The van der Waals surface area contributed by atoms with Crippen molar-refractivity contribution < 1.29 is 19.0 Å². The zero-order chi connectivity index (χ0) is 20.6. The number of carbonyl (C=O) groups is 1. The predicted molar refractivity (Wildman–Crippen MR) is 110 cm³/mol. The average molecular weight is 387 g/mol. The first-order valence-corrected chi connectivity index (χ1v) is 9.15. The Balaban J connectivity index is 1.57. The molecule has 0 aromatic heterocycles. The van der Waals surface area contributed by atoms with Crippen LogP contribution in [0.2, 0.25) is 0 Å². The molecule has 29 heavy (non-hydrogen) atoms. The van der Waals surface area contributed by atoms with Crippen molar-refractivity contribution in [3.8, 4) is 34.4 Å². The van der Waals surface area contributed by atoms with Gasteiger partial charge < -0.3 is 14.2 Å². The zero-order valence-electron chi connectivity index (χ0n) is 16.3. The summed E-state index contributed by atoms with van der Waals surface area (Å²) in [5, 5.41) is 8.88. The molecule has 0 spiro atoms. The largest absolute Gasteiger partial charge is 0.493 e. The van der Waals surface area contributed by atoms with E-state index in [-0.39, 0.29) is 12.4 Å². The van der Waals surface area contributed by atoms with Crippen molar-refractivity contribution >= 4 is 5.97 Å². The Morgan fingerprint density at radius 3 is 2.07 bits per heavy atom. The van der Waals surface area contributed by atoms with E-state index in [2.05, 4.69) is 6.07 Å². The maximum atomic E-state index is 12.2. The van der Waals surface area contributed by atoms with Gasteiger partial charge in [0.1, 0.15) is 5.75 Å². The van der Waals surface area contributed by atoms with Crippen LogP contribution in [-0.2, 0) is 11.2 Å². The van der Waals surface area contributed by atoms with Crippen molar-refractivity contribution in [2.75, 3.05) is 14.2 Å². The number of hydrogen-bond donors (Lipinski definition) is 0. The van der Waals surface area contributed by atoms with E-state index >= 15 is 0 Å². The van der Waals surface area contributed by atoms with Crippen molar-refractivity contribution in [2.24, 2.45) is 0 Å². The highest BCUT2D eigenvalue weighted by atomic mass is 16.5. The molecule has 0 aliphatic carbocycles. The quantitative estimate of drug-likeness (QED) is 0.431. The summed E-state index contributed by atoms with van der Waals surface area (Å²) in [6.07, 6.45) is 0.801. The Bertz CT molecular complexity index is 1020. The normalized spacial score (nSPS) is 10.1. The molecular weight excluding hydrogens is 366 g/mol. The van der Waals surface area contributed by atoms with Crippen LogP contribution in [0, 0.1) is 11.3 Å². The fourth-order valence-electron chi connectivity index (χ4n) is 2.92. The molecular formula is C24H21NO4. The Morgan fingerprint density at radius 2 is 1.48 bits per heavy atom. The van der Waals surface area contributed by atoms with Gasteiger partial charge in [0.15, 0.2) is 11.5 Å². The Labute approximate surface area is 170 Å². The van der Waals surface area contributed by atoms with Gasteiger partial charge >= 0.3 is 5.97 Å². The van der Waals surface area contributed by atoms with Gasteiger partial charge in [-0.2, -0.15) is 5.26 Å². The first kappa shape index (κ1) is 20.0. The minimum atomic E-state index is -0.300. The lowest BCUT2D eigenvalue weighted by Crippen LogP contribution is -2.09. The van der Waals surface area contributed by atoms with Crippen LogP contribution in [0.3, 0.4) is 0 Å². The highest BCUT2D eigenvalue weighted by Crippen LogP contribution is 2.28. The summed E-state index contributed by atoms with van der Waals surface area (Å²) in [4.78, 5) is 12.2. The standard InChI is InChI=1S/C24H21NO4/c1-27-22-13-5-17(15-23(22)28-2)6-14-24(26)29-21-11-9-20(10-12-21)19-7-3-18(16-25)4-8-19/h3-5,7-13,15H,6,14H2,1-2H3. The molecule has 0 bridgehead atoms. The molecule has 3 rings (SSSR count). The molecule has 0 aliphatic rings. The second-order valence-electron chi connectivity index (χ2n) is 6.38. The summed E-state index contributed by atoms with van der Waals surface area (Å²) in [5.74, 6) is 1.49. The smallest absolute Gasteiger partial charge is 0.311 e. The van der Waals surface area contributed by atoms with Gasteiger partial charge in [-0.1, -0.05) is 30.3 Å². The third-order valence-electron chi connectivity index (χ3n) is 4.50. The van der Waals surface area contributed by atoms with Crippen LogP contribution in [-0.4, -0.2) is 20.2 Å². The monoisotopic (exact) mass is 387 g/mol. The van der Waals surface area contributed by atoms with Gasteiger partial charge in [0.25, 0.3) is 0 Å². The molecule has 0 saturated carbocycles. The number of carbonyl (C=O) groups excluding carboxylic acids is 1. The van der Waals surface area contributed by atoms with Gasteiger partial charge in [-0.15, -0.1) is 0 Å². The van der Waals surface area contributed by atoms with Crippen LogP contribution in [0.5, 0.6) is 17.2 Å². The molecule has 0 fully saturated rings. The third-order valence-corrected chi connectivity index (χ3v) is 4.50. The minimum absolute atomic E-state index is 0.257. The van der Waals surface area contributed by atoms with Gasteiger partial charge in [-0.3, -0.25) is 4.79 Å².